The largest absolute Gasteiger partial charge is 0.481 e. The molecule has 3 atom stereocenters. The van der Waals surface area contributed by atoms with Gasteiger partial charge in [-0.15, -0.1) is 4.99 Å². The van der Waals surface area contributed by atoms with Crippen molar-refractivity contribution in [2.45, 2.75) is 83.9 Å². The second-order valence-electron chi connectivity index (χ2n) is 9.16. The third kappa shape index (κ3) is 5.71. The molecule has 1 unspecified atom stereocenters. The maximum atomic E-state index is 13.3. The van der Waals surface area contributed by atoms with Gasteiger partial charge in [-0.3, -0.25) is 14.5 Å². The third-order valence-electron chi connectivity index (χ3n) is 5.91. The van der Waals surface area contributed by atoms with Crippen molar-refractivity contribution < 1.29 is 29.0 Å². The average molecular weight is 426 g/mol. The van der Waals surface area contributed by atoms with Crippen molar-refractivity contribution in [3.63, 3.8) is 0 Å². The number of methoxy groups -OCH3 is 1. The zero-order chi connectivity index (χ0) is 22.7. The fourth-order valence-corrected chi connectivity index (χ4v) is 4.00. The minimum atomic E-state index is -0.873. The fraction of sp³-hybridized carbons (Fsp3) is 0.810. The van der Waals surface area contributed by atoms with E-state index in [-0.39, 0.29) is 24.2 Å². The van der Waals surface area contributed by atoms with Gasteiger partial charge in [0.2, 0.25) is 11.9 Å². The number of hydrogen-bond acceptors (Lipinski definition) is 5. The molecule has 1 aliphatic carbocycles. The molecule has 0 aromatic rings. The molecule has 2 N–H and O–H groups in total. The van der Waals surface area contributed by atoms with Crippen molar-refractivity contribution in [2.75, 3.05) is 13.7 Å². The van der Waals surface area contributed by atoms with Crippen molar-refractivity contribution in [3.05, 3.63) is 0 Å². The molecular weight excluding hydrogens is 390 g/mol. The lowest BCUT2D eigenvalue weighted by Gasteiger charge is -2.45. The molecule has 9 heteroatoms. The highest BCUT2D eigenvalue weighted by atomic mass is 16.6. The summed E-state index contributed by atoms with van der Waals surface area (Å²) in [6, 6.07) is -0.418. The molecule has 170 valence electrons. The zero-order valence-electron chi connectivity index (χ0n) is 18.9. The van der Waals surface area contributed by atoms with Crippen LogP contribution in [-0.4, -0.2) is 64.8 Å². The standard InChI is InChI=1S/C21H35N3O6/c1-7-21(8-2)12-16(25)24(18(23-21)22-19(28)30-20(3,4)5)15(9-10-29-6)13-11-14(13)17(26)27/h13-15H,7-12H2,1-6H3,(H,26,27)(H,22,23,28)/t13-,14-,15?/m0/s1. The van der Waals surface area contributed by atoms with E-state index in [0.717, 1.165) is 0 Å². The molecule has 0 bridgehead atoms. The highest BCUT2D eigenvalue weighted by Gasteiger charge is 2.53. The molecule has 0 spiro atoms. The van der Waals surface area contributed by atoms with Crippen molar-refractivity contribution >= 4 is 23.9 Å². The Morgan fingerprint density at radius 1 is 1.33 bits per heavy atom. The van der Waals surface area contributed by atoms with Crippen LogP contribution < -0.4 is 5.32 Å². The summed E-state index contributed by atoms with van der Waals surface area (Å²) in [6.07, 6.45) is 1.76. The van der Waals surface area contributed by atoms with E-state index < -0.39 is 35.2 Å². The predicted octanol–water partition coefficient (Wildman–Crippen LogP) is 2.78. The smallest absolute Gasteiger partial charge is 0.437 e. The lowest BCUT2D eigenvalue weighted by atomic mass is 9.86. The number of carboxylic acid groups (broad SMARTS) is 1. The molecule has 30 heavy (non-hydrogen) atoms. The van der Waals surface area contributed by atoms with Crippen LogP contribution >= 0.6 is 0 Å². The van der Waals surface area contributed by atoms with Crippen LogP contribution in [0, 0.1) is 11.8 Å². The summed E-state index contributed by atoms with van der Waals surface area (Å²) in [6.45, 7) is 9.56. The van der Waals surface area contributed by atoms with Gasteiger partial charge in [0.05, 0.1) is 12.3 Å². The summed E-state index contributed by atoms with van der Waals surface area (Å²) in [5.41, 5.74) is -1.23. The Hall–Kier alpha value is -2.16. The quantitative estimate of drug-likeness (QED) is 0.614. The van der Waals surface area contributed by atoms with Gasteiger partial charge in [-0.1, -0.05) is 13.8 Å². The number of carboxylic acids is 1. The van der Waals surface area contributed by atoms with Crippen LogP contribution in [-0.2, 0) is 19.1 Å². The van der Waals surface area contributed by atoms with Crippen LogP contribution in [0.1, 0.15) is 66.7 Å². The zero-order valence-corrected chi connectivity index (χ0v) is 18.9. The molecule has 0 radical (unpaired) electrons. The SMILES string of the molecule is CCC1(CC)CC(=O)N(C(CCOC)[C@H]2C[C@@H]2C(=O)O)/C(=N/C(=O)OC(C)(C)C)N1. The molecule has 1 heterocycles. The first-order valence-corrected chi connectivity index (χ1v) is 10.6. The number of aliphatic imine (C=N–C) groups is 1. The van der Waals surface area contributed by atoms with Crippen LogP contribution in [0.2, 0.25) is 0 Å². The first-order valence-electron chi connectivity index (χ1n) is 10.6. The molecule has 1 saturated carbocycles. The number of hydrogen-bond donors (Lipinski definition) is 2. The van der Waals surface area contributed by atoms with Gasteiger partial charge in [0.1, 0.15) is 5.60 Å². The normalized spacial score (nSPS) is 25.6. The van der Waals surface area contributed by atoms with E-state index in [1.165, 1.54) is 4.90 Å². The molecule has 2 rings (SSSR count). The number of nitrogens with zero attached hydrogens (tertiary/aromatic N) is 2. The van der Waals surface area contributed by atoms with Gasteiger partial charge in [-0.2, -0.15) is 0 Å². The molecule has 1 aliphatic heterocycles. The van der Waals surface area contributed by atoms with Crippen LogP contribution in [0.15, 0.2) is 4.99 Å². The number of carbonyl (C=O) groups is 3. The summed E-state index contributed by atoms with van der Waals surface area (Å²) in [5.74, 6) is -1.62. The molecule has 1 saturated heterocycles. The number of aliphatic carboxylic acids is 1. The van der Waals surface area contributed by atoms with E-state index in [1.807, 2.05) is 13.8 Å². The second-order valence-corrected chi connectivity index (χ2v) is 9.16. The summed E-state index contributed by atoms with van der Waals surface area (Å²) < 4.78 is 10.5. The van der Waals surface area contributed by atoms with Gasteiger partial charge in [-0.25, -0.2) is 4.79 Å². The number of ether oxygens (including phenoxy) is 2. The van der Waals surface area contributed by atoms with Gasteiger partial charge in [0, 0.05) is 25.3 Å². The second kappa shape index (κ2) is 9.32. The van der Waals surface area contributed by atoms with E-state index in [2.05, 4.69) is 10.3 Å². The predicted molar refractivity (Wildman–Crippen MR) is 111 cm³/mol. The Morgan fingerprint density at radius 3 is 2.43 bits per heavy atom. The van der Waals surface area contributed by atoms with Gasteiger partial charge >= 0.3 is 12.1 Å². The highest BCUT2D eigenvalue weighted by Crippen LogP contribution is 2.45. The molecule has 0 aromatic carbocycles. The lowest BCUT2D eigenvalue weighted by molar-refractivity contribution is -0.140. The van der Waals surface area contributed by atoms with Crippen molar-refractivity contribution in [2.24, 2.45) is 16.8 Å². The van der Waals surface area contributed by atoms with Crippen molar-refractivity contribution in [3.8, 4) is 0 Å². The average Bonchev–Trinajstić information content (AvgIpc) is 3.42. The fourth-order valence-electron chi connectivity index (χ4n) is 4.00. The van der Waals surface area contributed by atoms with E-state index in [0.29, 0.717) is 32.3 Å². The van der Waals surface area contributed by atoms with Crippen LogP contribution in [0.5, 0.6) is 0 Å². The number of guanidine groups is 1. The van der Waals surface area contributed by atoms with E-state index >= 15 is 0 Å². The van der Waals surface area contributed by atoms with Gasteiger partial charge < -0.3 is 19.9 Å². The Bertz CT molecular complexity index is 695. The molecule has 0 aromatic heterocycles. The minimum Gasteiger partial charge on any atom is -0.481 e. The first kappa shape index (κ1) is 24.1. The topological polar surface area (TPSA) is 118 Å². The molecule has 9 nitrogen and oxygen atoms in total. The highest BCUT2D eigenvalue weighted by molar-refractivity contribution is 6.04. The first-order chi connectivity index (χ1) is 14.0. The van der Waals surface area contributed by atoms with Gasteiger partial charge in [0.15, 0.2) is 0 Å². The van der Waals surface area contributed by atoms with Crippen molar-refractivity contribution in [1.82, 2.24) is 10.2 Å². The Morgan fingerprint density at radius 2 is 1.97 bits per heavy atom. The monoisotopic (exact) mass is 425 g/mol. The summed E-state index contributed by atoms with van der Waals surface area (Å²) in [5, 5.41) is 12.7. The van der Waals surface area contributed by atoms with Gasteiger partial charge in [0.25, 0.3) is 0 Å². The van der Waals surface area contributed by atoms with E-state index in [9.17, 15) is 19.5 Å². The van der Waals surface area contributed by atoms with Crippen LogP contribution in [0.25, 0.3) is 0 Å². The van der Waals surface area contributed by atoms with Crippen molar-refractivity contribution in [1.29, 1.82) is 0 Å². The molecule has 2 aliphatic rings. The molecule has 2 fully saturated rings. The number of nitrogens with one attached hydrogen (secondary N) is 1. The maximum Gasteiger partial charge on any atom is 0.437 e. The Balaban J connectivity index is 2.41. The van der Waals surface area contributed by atoms with Crippen LogP contribution in [0.3, 0.4) is 0 Å². The lowest BCUT2D eigenvalue weighted by Crippen LogP contribution is -2.65. The number of amides is 2. The van der Waals surface area contributed by atoms with Gasteiger partial charge in [-0.05, 0) is 52.4 Å². The molecule has 2 amide bonds. The summed E-state index contributed by atoms with van der Waals surface area (Å²) in [7, 11) is 1.56. The summed E-state index contributed by atoms with van der Waals surface area (Å²) >= 11 is 0. The number of carbonyl (C=O) groups excluding carboxylic acids is 2. The van der Waals surface area contributed by atoms with E-state index in [1.54, 1.807) is 27.9 Å². The Labute approximate surface area is 178 Å². The van der Waals surface area contributed by atoms with E-state index in [4.69, 9.17) is 9.47 Å². The van der Waals surface area contributed by atoms with Crippen LogP contribution in [0.4, 0.5) is 4.79 Å². The Kier molecular flexibility index (Phi) is 7.49. The third-order valence-corrected chi connectivity index (χ3v) is 5.91. The summed E-state index contributed by atoms with van der Waals surface area (Å²) in [4.78, 5) is 42.8. The molecular formula is C21H35N3O6. The number of rotatable bonds is 8. The maximum absolute atomic E-state index is 13.3. The minimum absolute atomic E-state index is 0.140.